The first-order valence-electron chi connectivity index (χ1n) is 17.5. The van der Waals surface area contributed by atoms with Gasteiger partial charge in [0.1, 0.15) is 46.7 Å². The lowest BCUT2D eigenvalue weighted by Crippen LogP contribution is -2.41. The Hall–Kier alpha value is -6.84. The van der Waals surface area contributed by atoms with Crippen LogP contribution in [0.15, 0.2) is 71.7 Å². The van der Waals surface area contributed by atoms with E-state index in [4.69, 9.17) is 34.0 Å². The number of nitrogens with one attached hydrogen (secondary N) is 2. The number of hydrogen-bond acceptors (Lipinski definition) is 15. The first-order valence-corrected chi connectivity index (χ1v) is 17.5. The number of aryl methyl sites for hydroxylation is 3. The predicted octanol–water partition coefficient (Wildman–Crippen LogP) is 3.43. The molecule has 0 amide bonds. The second-order valence-electron chi connectivity index (χ2n) is 12.9. The van der Waals surface area contributed by atoms with E-state index in [0.29, 0.717) is 51.7 Å². The van der Waals surface area contributed by atoms with Crippen molar-refractivity contribution in [3.63, 3.8) is 0 Å². The first-order chi connectivity index (χ1) is 27.9. The highest BCUT2D eigenvalue weighted by molar-refractivity contribution is 5.98. The first kappa shape index (κ1) is 40.8. The molecule has 6 aromatic heterocycles. The highest BCUT2D eigenvalue weighted by Gasteiger charge is 2.31. The van der Waals surface area contributed by atoms with Gasteiger partial charge in [-0.1, -0.05) is 0 Å². The number of aliphatic hydroxyl groups excluding tert-OH is 1. The summed E-state index contributed by atoms with van der Waals surface area (Å²) in [6.07, 6.45) is 7.86. The molecule has 8 rings (SSSR count). The van der Waals surface area contributed by atoms with Crippen LogP contribution in [0, 0.1) is 25.5 Å². The Bertz CT molecular complexity index is 2480. The van der Waals surface area contributed by atoms with Crippen molar-refractivity contribution in [3.8, 4) is 23.1 Å². The lowest BCUT2D eigenvalue weighted by Gasteiger charge is -2.27. The average molecular weight is 803 g/mol. The van der Waals surface area contributed by atoms with Gasteiger partial charge in [0.05, 0.1) is 49.8 Å². The lowest BCUT2D eigenvalue weighted by atomic mass is 10.0. The Morgan fingerprint density at radius 3 is 1.81 bits per heavy atom. The normalized spacial score (nSPS) is 18.7. The SMILES string of the molecule is COc1nc(C2=NC(O)C(C)ON2)ccc1-n1cnc(C)c1.COc1nc(C2=NC(c3cn(C)c4ncc(F)c(F)c34)C(C)ON2)ccc1-n1cnc(C)c1.O=CO. The molecule has 0 bridgehead atoms. The van der Waals surface area contributed by atoms with Crippen molar-refractivity contribution in [3.05, 3.63) is 102 Å². The summed E-state index contributed by atoms with van der Waals surface area (Å²) in [5, 5.41) is 16.7. The van der Waals surface area contributed by atoms with E-state index < -0.39 is 36.1 Å². The second-order valence-corrected chi connectivity index (χ2v) is 12.9. The number of rotatable bonds is 7. The zero-order chi connectivity index (χ0) is 41.7. The highest BCUT2D eigenvalue weighted by atomic mass is 19.2. The van der Waals surface area contributed by atoms with Crippen LogP contribution in [-0.4, -0.2) is 99.6 Å². The van der Waals surface area contributed by atoms with Crippen LogP contribution < -0.4 is 20.4 Å². The highest BCUT2D eigenvalue weighted by Crippen LogP contribution is 2.35. The van der Waals surface area contributed by atoms with Gasteiger partial charge in [0.2, 0.25) is 11.8 Å². The van der Waals surface area contributed by atoms with Gasteiger partial charge in [-0.15, -0.1) is 0 Å². The molecule has 58 heavy (non-hydrogen) atoms. The van der Waals surface area contributed by atoms with Crippen molar-refractivity contribution in [2.75, 3.05) is 14.2 Å². The maximum absolute atomic E-state index is 14.7. The number of fused-ring (bicyclic) bond motifs is 1. The van der Waals surface area contributed by atoms with Gasteiger partial charge in [-0.3, -0.25) is 19.5 Å². The van der Waals surface area contributed by atoms with Gasteiger partial charge in [0.25, 0.3) is 6.47 Å². The number of aliphatic hydroxyl groups is 1. The van der Waals surface area contributed by atoms with Crippen molar-refractivity contribution in [1.29, 1.82) is 0 Å². The summed E-state index contributed by atoms with van der Waals surface area (Å²) in [5.74, 6) is -0.486. The Kier molecular flexibility index (Phi) is 12.3. The van der Waals surface area contributed by atoms with Crippen LogP contribution in [0.3, 0.4) is 0 Å². The van der Waals surface area contributed by atoms with Crippen LogP contribution in [0.25, 0.3) is 22.4 Å². The van der Waals surface area contributed by atoms with Crippen molar-refractivity contribution in [1.82, 2.24) is 49.6 Å². The number of halogens is 2. The monoisotopic (exact) mass is 802 g/mol. The quantitative estimate of drug-likeness (QED) is 0.170. The minimum Gasteiger partial charge on any atom is -0.483 e. The van der Waals surface area contributed by atoms with Gasteiger partial charge in [0, 0.05) is 31.2 Å². The van der Waals surface area contributed by atoms with E-state index in [9.17, 15) is 13.9 Å². The molecule has 0 saturated heterocycles. The molecule has 0 fully saturated rings. The number of aromatic nitrogens is 8. The van der Waals surface area contributed by atoms with Gasteiger partial charge in [-0.25, -0.2) is 49.7 Å². The van der Waals surface area contributed by atoms with E-state index in [1.807, 2.05) is 47.5 Å². The topological polar surface area (TPSA) is 222 Å². The third-order valence-electron chi connectivity index (χ3n) is 8.84. The fraction of sp³-hybridized carbons (Fsp3) is 0.297. The molecule has 0 radical (unpaired) electrons. The van der Waals surface area contributed by atoms with Gasteiger partial charge in [-0.05, 0) is 52.0 Å². The van der Waals surface area contributed by atoms with E-state index in [1.165, 1.54) is 7.11 Å². The summed E-state index contributed by atoms with van der Waals surface area (Å²) < 4.78 is 44.8. The number of carboxylic acid groups (broad SMARTS) is 1. The number of ether oxygens (including phenoxy) is 2. The van der Waals surface area contributed by atoms with Crippen LogP contribution in [0.4, 0.5) is 8.78 Å². The molecular weight excluding hydrogens is 762 g/mol. The van der Waals surface area contributed by atoms with E-state index in [0.717, 1.165) is 23.3 Å². The van der Waals surface area contributed by atoms with Crippen molar-refractivity contribution >= 4 is 29.2 Å². The number of aliphatic imine (C=N–C) groups is 2. The summed E-state index contributed by atoms with van der Waals surface area (Å²) in [4.78, 5) is 49.6. The van der Waals surface area contributed by atoms with Crippen molar-refractivity contribution < 1.29 is 42.9 Å². The molecule has 0 saturated carbocycles. The second kappa shape index (κ2) is 17.5. The molecule has 2 aliphatic rings. The van der Waals surface area contributed by atoms with Gasteiger partial charge < -0.3 is 33.4 Å². The number of pyridine rings is 3. The fourth-order valence-electron chi connectivity index (χ4n) is 5.98. The molecule has 19 nitrogen and oxygen atoms in total. The van der Waals surface area contributed by atoms with Crippen LogP contribution >= 0.6 is 0 Å². The molecule has 6 aromatic rings. The van der Waals surface area contributed by atoms with E-state index in [2.05, 4.69) is 40.9 Å². The molecule has 4 atom stereocenters. The minimum atomic E-state index is -1.02. The zero-order valence-electron chi connectivity index (χ0n) is 32.3. The summed E-state index contributed by atoms with van der Waals surface area (Å²) in [6.45, 7) is 7.06. The van der Waals surface area contributed by atoms with E-state index in [-0.39, 0.29) is 11.9 Å². The number of methoxy groups -OCH3 is 2. The van der Waals surface area contributed by atoms with Crippen molar-refractivity contribution in [2.45, 2.75) is 52.2 Å². The Morgan fingerprint density at radius 2 is 1.33 bits per heavy atom. The predicted molar refractivity (Wildman–Crippen MR) is 204 cm³/mol. The summed E-state index contributed by atoms with van der Waals surface area (Å²) in [7, 11) is 4.79. The molecular formula is C37H40F2N12O7. The number of nitrogens with zero attached hydrogens (tertiary/aromatic N) is 10. The smallest absolute Gasteiger partial charge is 0.290 e. The summed E-state index contributed by atoms with van der Waals surface area (Å²) >= 11 is 0. The van der Waals surface area contributed by atoms with Crippen molar-refractivity contribution in [2.24, 2.45) is 17.0 Å². The van der Waals surface area contributed by atoms with Crippen LogP contribution in [0.5, 0.6) is 11.8 Å². The molecule has 0 aromatic carbocycles. The summed E-state index contributed by atoms with van der Waals surface area (Å²) in [5.41, 5.74) is 10.5. The van der Waals surface area contributed by atoms with Crippen LogP contribution in [-0.2, 0) is 21.5 Å². The average Bonchev–Trinajstić information content (AvgIpc) is 3.95. The van der Waals surface area contributed by atoms with Gasteiger partial charge in [-0.2, -0.15) is 0 Å². The molecule has 0 aliphatic carbocycles. The van der Waals surface area contributed by atoms with Gasteiger partial charge in [0.15, 0.2) is 29.5 Å². The maximum atomic E-state index is 14.7. The molecule has 8 heterocycles. The van der Waals surface area contributed by atoms with Crippen LogP contribution in [0.2, 0.25) is 0 Å². The lowest BCUT2D eigenvalue weighted by molar-refractivity contribution is -0.122. The third-order valence-corrected chi connectivity index (χ3v) is 8.84. The summed E-state index contributed by atoms with van der Waals surface area (Å²) in [6, 6.07) is 6.59. The maximum Gasteiger partial charge on any atom is 0.290 e. The largest absolute Gasteiger partial charge is 0.483 e. The van der Waals surface area contributed by atoms with Gasteiger partial charge >= 0.3 is 0 Å². The Labute approximate surface area is 329 Å². The molecule has 2 aliphatic heterocycles. The molecule has 4 N–H and O–H groups in total. The number of hydroxylamine groups is 2. The molecule has 21 heteroatoms. The Morgan fingerprint density at radius 1 is 0.810 bits per heavy atom. The zero-order valence-corrected chi connectivity index (χ0v) is 32.3. The van der Waals surface area contributed by atoms with Crippen LogP contribution in [0.1, 0.15) is 48.2 Å². The number of carbonyl (C=O) groups is 1. The minimum absolute atomic E-state index is 0.0827. The number of hydrogen-bond donors (Lipinski definition) is 4. The number of imidazole rings is 2. The molecule has 304 valence electrons. The number of amidine groups is 2. The standard InChI is InChI=1S/C22H21F2N7O2.C14H17N5O3.CH2O2/c1-11-8-31(10-26-11)16-6-5-15(27-22(16)32-4)20-28-19(12(2)33-29-20)13-9-30(3)21-17(13)18(24)14(23)7-25-21;1-8-6-19(7-15-8)11-5-4-10(16-14(11)21-3)12-17-13(20)9(2)22-18-12;2-1-3/h5-10,12,19H,1-4H3,(H,28,29);4-7,9,13,20H,1-3H3,(H,17,18);1H,(H,2,3). The molecule has 4 unspecified atom stereocenters. The Balaban J connectivity index is 0.000000196. The van der Waals surface area contributed by atoms with E-state index >= 15 is 0 Å². The van der Waals surface area contributed by atoms with E-state index in [1.54, 1.807) is 63.6 Å². The fourth-order valence-corrected chi connectivity index (χ4v) is 5.98. The third kappa shape index (κ3) is 8.45. The molecule has 0 spiro atoms.